The molecule has 2 aromatic rings. The van der Waals surface area contributed by atoms with E-state index in [4.69, 9.17) is 10.5 Å². The maximum Gasteiger partial charge on any atom is 0.255 e. The van der Waals surface area contributed by atoms with Crippen molar-refractivity contribution in [3.8, 4) is 0 Å². The van der Waals surface area contributed by atoms with Gasteiger partial charge in [0, 0.05) is 30.7 Å². The molecule has 136 valence electrons. The van der Waals surface area contributed by atoms with Crippen LogP contribution in [-0.4, -0.2) is 36.1 Å². The Hall–Kier alpha value is -2.77. The zero-order chi connectivity index (χ0) is 18.4. The maximum atomic E-state index is 12.3. The molecular formula is C19H22N4O3. The Kier molecular flexibility index (Phi) is 5.93. The summed E-state index contributed by atoms with van der Waals surface area (Å²) in [5, 5.41) is 5.57. The van der Waals surface area contributed by atoms with Gasteiger partial charge in [-0.2, -0.15) is 0 Å². The van der Waals surface area contributed by atoms with Crippen LogP contribution in [0.3, 0.4) is 0 Å². The van der Waals surface area contributed by atoms with Crippen LogP contribution < -0.4 is 16.4 Å². The quantitative estimate of drug-likeness (QED) is 0.762. The predicted octanol–water partition coefficient (Wildman–Crippen LogP) is 2.03. The highest BCUT2D eigenvalue weighted by Crippen LogP contribution is 2.19. The van der Waals surface area contributed by atoms with Crippen LogP contribution in [0, 0.1) is 5.92 Å². The average molecular weight is 354 g/mol. The number of anilines is 2. The number of nitrogens with two attached hydrogens (primary N) is 1. The number of benzene rings is 1. The van der Waals surface area contributed by atoms with Gasteiger partial charge < -0.3 is 21.1 Å². The lowest BCUT2D eigenvalue weighted by atomic mass is 9.92. The molecule has 1 fully saturated rings. The lowest BCUT2D eigenvalue weighted by molar-refractivity contribution is -0.119. The van der Waals surface area contributed by atoms with E-state index in [-0.39, 0.29) is 17.7 Å². The fourth-order valence-corrected chi connectivity index (χ4v) is 2.86. The van der Waals surface area contributed by atoms with Crippen LogP contribution in [0.2, 0.25) is 0 Å². The smallest absolute Gasteiger partial charge is 0.255 e. The van der Waals surface area contributed by atoms with Gasteiger partial charge in [0.25, 0.3) is 5.91 Å². The second-order valence-electron chi connectivity index (χ2n) is 6.24. The molecule has 1 aliphatic rings. The van der Waals surface area contributed by atoms with Crippen molar-refractivity contribution < 1.29 is 14.3 Å². The van der Waals surface area contributed by atoms with E-state index in [9.17, 15) is 9.59 Å². The number of carbonyl (C=O) groups excluding carboxylic acids is 2. The molecule has 1 unspecified atom stereocenters. The SMILES string of the molecule is NC(C(=O)Nc1ccc(C(=O)Nc2cccnc2)cc1)C1CCOCC1. The fourth-order valence-electron chi connectivity index (χ4n) is 2.86. The van der Waals surface area contributed by atoms with Gasteiger partial charge in [-0.3, -0.25) is 14.6 Å². The number of carbonyl (C=O) groups is 2. The molecule has 2 amide bonds. The molecule has 1 aromatic carbocycles. The van der Waals surface area contributed by atoms with Gasteiger partial charge in [-0.05, 0) is 55.2 Å². The minimum absolute atomic E-state index is 0.133. The Balaban J connectivity index is 1.56. The van der Waals surface area contributed by atoms with Crippen LogP contribution in [0.5, 0.6) is 0 Å². The summed E-state index contributed by atoms with van der Waals surface area (Å²) in [6.45, 7) is 1.29. The van der Waals surface area contributed by atoms with Gasteiger partial charge in [0.1, 0.15) is 0 Å². The molecule has 0 aliphatic carbocycles. The van der Waals surface area contributed by atoms with Crippen LogP contribution >= 0.6 is 0 Å². The van der Waals surface area contributed by atoms with Crippen molar-refractivity contribution >= 4 is 23.2 Å². The van der Waals surface area contributed by atoms with Gasteiger partial charge >= 0.3 is 0 Å². The molecule has 0 spiro atoms. The largest absolute Gasteiger partial charge is 0.381 e. The molecule has 0 radical (unpaired) electrons. The number of aromatic nitrogens is 1. The van der Waals surface area contributed by atoms with Crippen molar-refractivity contribution in [2.24, 2.45) is 11.7 Å². The molecule has 7 heteroatoms. The van der Waals surface area contributed by atoms with Crippen molar-refractivity contribution in [1.29, 1.82) is 0 Å². The first-order chi connectivity index (χ1) is 12.6. The summed E-state index contributed by atoms with van der Waals surface area (Å²) in [5.74, 6) is -0.326. The van der Waals surface area contributed by atoms with Crippen molar-refractivity contribution in [3.05, 3.63) is 54.4 Å². The molecule has 26 heavy (non-hydrogen) atoms. The Morgan fingerprint density at radius 1 is 1.08 bits per heavy atom. The fraction of sp³-hybridized carbons (Fsp3) is 0.316. The van der Waals surface area contributed by atoms with Gasteiger partial charge in [-0.25, -0.2) is 0 Å². The zero-order valence-electron chi connectivity index (χ0n) is 14.4. The van der Waals surface area contributed by atoms with Crippen LogP contribution in [-0.2, 0) is 9.53 Å². The normalized spacial score (nSPS) is 15.9. The minimum atomic E-state index is -0.563. The van der Waals surface area contributed by atoms with E-state index >= 15 is 0 Å². The predicted molar refractivity (Wildman–Crippen MR) is 98.8 cm³/mol. The first kappa shape index (κ1) is 18.0. The van der Waals surface area contributed by atoms with Crippen molar-refractivity contribution in [2.45, 2.75) is 18.9 Å². The van der Waals surface area contributed by atoms with E-state index in [1.165, 1.54) is 0 Å². The highest BCUT2D eigenvalue weighted by molar-refractivity contribution is 6.04. The summed E-state index contributed by atoms with van der Waals surface area (Å²) in [6, 6.07) is 9.63. The second kappa shape index (κ2) is 8.55. The van der Waals surface area contributed by atoms with Crippen molar-refractivity contribution in [3.63, 3.8) is 0 Å². The first-order valence-electron chi connectivity index (χ1n) is 8.59. The zero-order valence-corrected chi connectivity index (χ0v) is 14.4. The van der Waals surface area contributed by atoms with E-state index in [1.807, 2.05) is 0 Å². The number of hydrogen-bond donors (Lipinski definition) is 3. The molecule has 2 heterocycles. The number of nitrogens with zero attached hydrogens (tertiary/aromatic N) is 1. The van der Waals surface area contributed by atoms with Gasteiger partial charge in [-0.15, -0.1) is 0 Å². The molecule has 3 rings (SSSR count). The molecule has 0 bridgehead atoms. The van der Waals surface area contributed by atoms with E-state index in [1.54, 1.807) is 48.8 Å². The Bertz CT molecular complexity index is 743. The Labute approximate surface area is 151 Å². The van der Waals surface area contributed by atoms with Gasteiger partial charge in [0.2, 0.25) is 5.91 Å². The van der Waals surface area contributed by atoms with Crippen molar-refractivity contribution in [2.75, 3.05) is 23.8 Å². The van der Waals surface area contributed by atoms with Crippen LogP contribution in [0.4, 0.5) is 11.4 Å². The summed E-state index contributed by atoms with van der Waals surface area (Å²) in [6.07, 6.45) is 4.80. The number of amides is 2. The van der Waals surface area contributed by atoms with E-state index in [0.29, 0.717) is 30.2 Å². The molecular weight excluding hydrogens is 332 g/mol. The van der Waals surface area contributed by atoms with Crippen LogP contribution in [0.15, 0.2) is 48.8 Å². The van der Waals surface area contributed by atoms with E-state index < -0.39 is 6.04 Å². The number of hydrogen-bond acceptors (Lipinski definition) is 5. The standard InChI is InChI=1S/C19H22N4O3/c20-17(13-7-10-26-11-8-13)19(25)22-15-5-3-14(4-6-15)18(24)23-16-2-1-9-21-12-16/h1-6,9,12-13,17H,7-8,10-11,20H2,(H,22,25)(H,23,24). The molecule has 4 N–H and O–H groups in total. The molecule has 1 aromatic heterocycles. The number of ether oxygens (including phenoxy) is 1. The first-order valence-corrected chi connectivity index (χ1v) is 8.59. The molecule has 0 saturated carbocycles. The number of rotatable bonds is 5. The summed E-state index contributed by atoms with van der Waals surface area (Å²) >= 11 is 0. The highest BCUT2D eigenvalue weighted by atomic mass is 16.5. The summed E-state index contributed by atoms with van der Waals surface area (Å²) in [5.41, 5.74) is 7.78. The van der Waals surface area contributed by atoms with E-state index in [0.717, 1.165) is 12.8 Å². The minimum Gasteiger partial charge on any atom is -0.381 e. The van der Waals surface area contributed by atoms with Gasteiger partial charge in [-0.1, -0.05) is 0 Å². The average Bonchev–Trinajstić information content (AvgIpc) is 2.69. The van der Waals surface area contributed by atoms with Gasteiger partial charge in [0.15, 0.2) is 0 Å². The van der Waals surface area contributed by atoms with Crippen LogP contribution in [0.1, 0.15) is 23.2 Å². The monoisotopic (exact) mass is 354 g/mol. The topological polar surface area (TPSA) is 106 Å². The van der Waals surface area contributed by atoms with E-state index in [2.05, 4.69) is 15.6 Å². The summed E-state index contributed by atoms with van der Waals surface area (Å²) in [7, 11) is 0. The lowest BCUT2D eigenvalue weighted by Gasteiger charge is -2.26. The third kappa shape index (κ3) is 4.65. The number of nitrogens with one attached hydrogen (secondary N) is 2. The second-order valence-corrected chi connectivity index (χ2v) is 6.24. The molecule has 1 atom stereocenters. The molecule has 1 aliphatic heterocycles. The molecule has 7 nitrogen and oxygen atoms in total. The Morgan fingerprint density at radius 2 is 1.81 bits per heavy atom. The van der Waals surface area contributed by atoms with Crippen molar-refractivity contribution in [1.82, 2.24) is 4.98 Å². The van der Waals surface area contributed by atoms with Crippen LogP contribution in [0.25, 0.3) is 0 Å². The Morgan fingerprint density at radius 3 is 2.46 bits per heavy atom. The highest BCUT2D eigenvalue weighted by Gasteiger charge is 2.26. The summed E-state index contributed by atoms with van der Waals surface area (Å²) in [4.78, 5) is 28.5. The summed E-state index contributed by atoms with van der Waals surface area (Å²) < 4.78 is 5.30. The maximum absolute atomic E-state index is 12.3. The third-order valence-corrected chi connectivity index (χ3v) is 4.41. The lowest BCUT2D eigenvalue weighted by Crippen LogP contribution is -2.44. The van der Waals surface area contributed by atoms with Gasteiger partial charge in [0.05, 0.1) is 17.9 Å². The number of pyridine rings is 1. The molecule has 1 saturated heterocycles. The third-order valence-electron chi connectivity index (χ3n) is 4.41.